The lowest BCUT2D eigenvalue weighted by atomic mass is 10.2. The summed E-state index contributed by atoms with van der Waals surface area (Å²) in [5.74, 6) is 0. The fourth-order valence-electron chi connectivity index (χ4n) is 2.29. The number of rotatable bonds is 2. The van der Waals surface area contributed by atoms with Gasteiger partial charge >= 0.3 is 6.03 Å². The minimum Gasteiger partial charge on any atom is -0.247 e. The number of halogens is 1. The number of quaternary nitrogens is 1. The van der Waals surface area contributed by atoms with Crippen molar-refractivity contribution in [3.8, 4) is 0 Å². The zero-order valence-corrected chi connectivity index (χ0v) is 11.7. The van der Waals surface area contributed by atoms with E-state index in [1.165, 1.54) is 4.90 Å². The Morgan fingerprint density at radius 2 is 1.60 bits per heavy atom. The average Bonchev–Trinajstić information content (AvgIpc) is 2.78. The maximum atomic E-state index is 12.7. The number of hydrogen-bond donors (Lipinski definition) is 0. The van der Waals surface area contributed by atoms with Crippen LogP contribution < -0.4 is 4.59 Å². The van der Waals surface area contributed by atoms with E-state index in [4.69, 9.17) is 11.6 Å². The van der Waals surface area contributed by atoms with Gasteiger partial charge in [0, 0.05) is 36.3 Å². The van der Waals surface area contributed by atoms with Gasteiger partial charge in [0.2, 0.25) is 0 Å². The highest BCUT2D eigenvalue weighted by Crippen LogP contribution is 2.39. The van der Waals surface area contributed by atoms with Crippen LogP contribution in [0.5, 0.6) is 0 Å². The third kappa shape index (κ3) is 1.81. The van der Waals surface area contributed by atoms with Crippen LogP contribution in [0.25, 0.3) is 0 Å². The minimum absolute atomic E-state index is 0.126. The Bertz CT molecular complexity index is 669. The molecule has 0 radical (unpaired) electrons. The minimum atomic E-state index is -0.200. The van der Waals surface area contributed by atoms with Gasteiger partial charge in [-0.1, -0.05) is 34.9 Å². The van der Waals surface area contributed by atoms with Crippen LogP contribution in [0.3, 0.4) is 0 Å². The summed E-state index contributed by atoms with van der Waals surface area (Å²) < 4.78 is -0.200. The van der Waals surface area contributed by atoms with Gasteiger partial charge in [0.15, 0.2) is 17.7 Å². The molecule has 1 atom stereocenters. The molecule has 1 aliphatic heterocycles. The number of carbonyl (C=O) groups excluding carboxylic acids is 1. The zero-order chi connectivity index (χ0) is 14.2. The fourth-order valence-corrected chi connectivity index (χ4v) is 2.41. The first-order valence-electron chi connectivity index (χ1n) is 6.18. The highest BCUT2D eigenvalue weighted by molar-refractivity contribution is 6.30. The van der Waals surface area contributed by atoms with Gasteiger partial charge in [0.1, 0.15) is 0 Å². The number of benzene rings is 2. The second-order valence-electron chi connectivity index (χ2n) is 4.57. The SMILES string of the molecule is CN1C=N[N+](c2ccccc2)(c2ccc(Cl)cc2)C1=O. The predicted octanol–water partition coefficient (Wildman–Crippen LogP) is 3.99. The molecule has 2 amide bonds. The lowest BCUT2D eigenvalue weighted by molar-refractivity contribution is 0.211. The molecule has 0 bridgehead atoms. The maximum absolute atomic E-state index is 12.7. The molecule has 20 heavy (non-hydrogen) atoms. The molecule has 0 aromatic heterocycles. The van der Waals surface area contributed by atoms with E-state index in [-0.39, 0.29) is 10.6 Å². The summed E-state index contributed by atoms with van der Waals surface area (Å²) in [6.45, 7) is 0. The molecule has 3 rings (SSSR count). The van der Waals surface area contributed by atoms with Crippen molar-refractivity contribution in [2.75, 3.05) is 7.05 Å². The second-order valence-corrected chi connectivity index (χ2v) is 5.01. The molecule has 1 heterocycles. The molecule has 1 aliphatic rings. The number of hydrogen-bond acceptors (Lipinski definition) is 2. The smallest absolute Gasteiger partial charge is 0.247 e. The van der Waals surface area contributed by atoms with Gasteiger partial charge in [-0.2, -0.15) is 0 Å². The molecule has 2 aromatic rings. The van der Waals surface area contributed by atoms with Crippen molar-refractivity contribution in [3.05, 3.63) is 59.6 Å². The number of carbonyl (C=O) groups is 1. The van der Waals surface area contributed by atoms with Gasteiger partial charge in [-0.15, -0.1) is 0 Å². The van der Waals surface area contributed by atoms with Crippen molar-refractivity contribution in [1.29, 1.82) is 0 Å². The summed E-state index contributed by atoms with van der Waals surface area (Å²) in [5, 5.41) is 5.07. The van der Waals surface area contributed by atoms with E-state index in [1.807, 2.05) is 42.5 Å². The number of urea groups is 1. The van der Waals surface area contributed by atoms with E-state index in [9.17, 15) is 4.79 Å². The molecule has 0 saturated heterocycles. The van der Waals surface area contributed by atoms with Gasteiger partial charge in [0.25, 0.3) is 0 Å². The lowest BCUT2D eigenvalue weighted by Gasteiger charge is -2.24. The van der Waals surface area contributed by atoms with Crippen LogP contribution in [-0.4, -0.2) is 24.3 Å². The van der Waals surface area contributed by atoms with Crippen molar-refractivity contribution < 1.29 is 4.79 Å². The van der Waals surface area contributed by atoms with Gasteiger partial charge in [-0.25, -0.2) is 9.69 Å². The summed E-state index contributed by atoms with van der Waals surface area (Å²) >= 11 is 5.93. The molecule has 0 aliphatic carbocycles. The Balaban J connectivity index is 2.22. The third-order valence-corrected chi connectivity index (χ3v) is 3.56. The van der Waals surface area contributed by atoms with Gasteiger partial charge in [0.05, 0.1) is 0 Å². The highest BCUT2D eigenvalue weighted by Gasteiger charge is 2.49. The van der Waals surface area contributed by atoms with Gasteiger partial charge in [-0.3, -0.25) is 0 Å². The Morgan fingerprint density at radius 3 is 2.15 bits per heavy atom. The molecule has 0 spiro atoms. The van der Waals surface area contributed by atoms with E-state index in [0.29, 0.717) is 5.02 Å². The van der Waals surface area contributed by atoms with E-state index in [2.05, 4.69) is 5.10 Å². The first-order valence-corrected chi connectivity index (χ1v) is 6.56. The molecule has 1 unspecified atom stereocenters. The molecule has 5 heteroatoms. The number of para-hydroxylation sites is 1. The summed E-state index contributed by atoms with van der Waals surface area (Å²) in [4.78, 5) is 14.1. The van der Waals surface area contributed by atoms with Crippen LogP contribution in [0.15, 0.2) is 59.7 Å². The normalized spacial score (nSPS) is 21.5. The molecular weight excluding hydrogens is 274 g/mol. The summed E-state index contributed by atoms with van der Waals surface area (Å²) in [6, 6.07) is 16.5. The fraction of sp³-hybridized carbons (Fsp3) is 0.0667. The van der Waals surface area contributed by atoms with Crippen LogP contribution in [0, 0.1) is 0 Å². The maximum Gasteiger partial charge on any atom is 0.461 e. The Labute approximate surface area is 122 Å². The first kappa shape index (κ1) is 12.8. The van der Waals surface area contributed by atoms with Crippen LogP contribution in [0.1, 0.15) is 0 Å². The number of amides is 2. The summed E-state index contributed by atoms with van der Waals surface area (Å²) in [5.41, 5.74) is 1.55. The van der Waals surface area contributed by atoms with Crippen LogP contribution in [-0.2, 0) is 0 Å². The molecule has 4 nitrogen and oxygen atoms in total. The Morgan fingerprint density at radius 1 is 1.00 bits per heavy atom. The van der Waals surface area contributed by atoms with E-state index >= 15 is 0 Å². The van der Waals surface area contributed by atoms with E-state index in [1.54, 1.807) is 25.5 Å². The van der Waals surface area contributed by atoms with Crippen molar-refractivity contribution in [2.45, 2.75) is 0 Å². The molecule has 0 fully saturated rings. The first-order chi connectivity index (χ1) is 9.64. The Hall–Kier alpha value is -2.17. The second kappa shape index (κ2) is 4.74. The van der Waals surface area contributed by atoms with E-state index < -0.39 is 0 Å². The molecular formula is C15H13ClN3O+. The topological polar surface area (TPSA) is 32.7 Å². The Kier molecular flexibility index (Phi) is 3.04. The van der Waals surface area contributed by atoms with Crippen LogP contribution in [0.2, 0.25) is 5.02 Å². The molecule has 0 N–H and O–H groups in total. The molecule has 0 saturated carbocycles. The molecule has 100 valence electrons. The average molecular weight is 287 g/mol. The standard InChI is InChI=1S/C15H13ClN3O/c1-18-11-17-19(15(18)20,13-5-3-2-4-6-13)14-9-7-12(16)8-10-14/h2-11H,1H3/q+1. The van der Waals surface area contributed by atoms with Crippen LogP contribution in [0.4, 0.5) is 16.2 Å². The quantitative estimate of drug-likeness (QED) is 0.768. The van der Waals surface area contributed by atoms with E-state index in [0.717, 1.165) is 11.4 Å². The van der Waals surface area contributed by atoms with Crippen molar-refractivity contribution in [2.24, 2.45) is 5.10 Å². The van der Waals surface area contributed by atoms with Crippen molar-refractivity contribution >= 4 is 35.3 Å². The van der Waals surface area contributed by atoms with Gasteiger partial charge in [-0.05, 0) is 16.7 Å². The summed E-state index contributed by atoms with van der Waals surface area (Å²) in [6.07, 6.45) is 1.55. The van der Waals surface area contributed by atoms with Gasteiger partial charge < -0.3 is 0 Å². The van der Waals surface area contributed by atoms with Crippen molar-refractivity contribution in [1.82, 2.24) is 9.49 Å². The zero-order valence-electron chi connectivity index (χ0n) is 10.9. The molecule has 2 aromatic carbocycles. The largest absolute Gasteiger partial charge is 0.461 e. The highest BCUT2D eigenvalue weighted by atomic mass is 35.5. The summed E-state index contributed by atoms with van der Waals surface area (Å²) in [7, 11) is 1.70. The lowest BCUT2D eigenvalue weighted by Crippen LogP contribution is -2.45. The van der Waals surface area contributed by atoms with Crippen molar-refractivity contribution in [3.63, 3.8) is 0 Å². The van der Waals surface area contributed by atoms with Crippen LogP contribution >= 0.6 is 11.6 Å². The third-order valence-electron chi connectivity index (χ3n) is 3.31. The predicted molar refractivity (Wildman–Crippen MR) is 81.0 cm³/mol. The monoisotopic (exact) mass is 286 g/mol. The number of nitrogens with zero attached hydrogens (tertiary/aromatic N) is 3.